The predicted molar refractivity (Wildman–Crippen MR) is 75.8 cm³/mol. The van der Waals surface area contributed by atoms with E-state index in [1.165, 1.54) is 12.4 Å². The van der Waals surface area contributed by atoms with Crippen LogP contribution in [0.3, 0.4) is 0 Å². The van der Waals surface area contributed by atoms with Crippen molar-refractivity contribution in [2.24, 2.45) is 0 Å². The van der Waals surface area contributed by atoms with Crippen LogP contribution in [0.15, 0.2) is 30.6 Å². The van der Waals surface area contributed by atoms with Crippen LogP contribution in [0.25, 0.3) is 0 Å². The van der Waals surface area contributed by atoms with Crippen molar-refractivity contribution in [3.63, 3.8) is 0 Å². The molecule has 0 aliphatic rings. The van der Waals surface area contributed by atoms with Gasteiger partial charge in [-0.1, -0.05) is 18.2 Å². The van der Waals surface area contributed by atoms with Crippen LogP contribution in [-0.4, -0.2) is 39.9 Å². The lowest BCUT2D eigenvalue weighted by Crippen LogP contribution is -2.21. The van der Waals surface area contributed by atoms with E-state index in [1.54, 1.807) is 30.0 Å². The van der Waals surface area contributed by atoms with E-state index in [9.17, 15) is 10.1 Å². The molecule has 0 fully saturated rings. The number of rotatable bonds is 8. The first-order valence-electron chi connectivity index (χ1n) is 6.51. The molecule has 8 heteroatoms. The van der Waals surface area contributed by atoms with Crippen LogP contribution in [0.5, 0.6) is 0 Å². The van der Waals surface area contributed by atoms with Crippen molar-refractivity contribution < 1.29 is 9.66 Å². The van der Waals surface area contributed by atoms with Gasteiger partial charge in [0, 0.05) is 19.7 Å². The molecule has 0 unspecified atom stereocenters. The van der Waals surface area contributed by atoms with E-state index < -0.39 is 0 Å². The SMILES string of the molecule is COCCNCc1ncnn1Cc1ccccc1[N+](=O)[O-]. The summed E-state index contributed by atoms with van der Waals surface area (Å²) >= 11 is 0. The molecule has 2 aromatic rings. The average Bonchev–Trinajstić information content (AvgIpc) is 2.91. The minimum Gasteiger partial charge on any atom is -0.383 e. The number of nitrogens with zero attached hydrogens (tertiary/aromatic N) is 4. The standard InChI is InChI=1S/C13H17N5O3/c1-21-7-6-14-8-13-15-10-16-17(13)9-11-4-2-3-5-12(11)18(19)20/h2-5,10,14H,6-9H2,1H3. The third-order valence-corrected chi connectivity index (χ3v) is 2.97. The Kier molecular flexibility index (Phi) is 5.35. The lowest BCUT2D eigenvalue weighted by molar-refractivity contribution is -0.385. The molecule has 0 saturated carbocycles. The van der Waals surface area contributed by atoms with Gasteiger partial charge in [-0.2, -0.15) is 5.10 Å². The smallest absolute Gasteiger partial charge is 0.274 e. The summed E-state index contributed by atoms with van der Waals surface area (Å²) in [6, 6.07) is 6.64. The molecular formula is C13H17N5O3. The van der Waals surface area contributed by atoms with Gasteiger partial charge >= 0.3 is 0 Å². The molecule has 1 heterocycles. The quantitative estimate of drug-likeness (QED) is 0.442. The van der Waals surface area contributed by atoms with Crippen LogP contribution in [-0.2, 0) is 17.8 Å². The van der Waals surface area contributed by atoms with Crippen LogP contribution in [0.1, 0.15) is 11.4 Å². The molecule has 0 saturated heterocycles. The number of nitrogens with one attached hydrogen (secondary N) is 1. The number of nitro groups is 1. The van der Waals surface area contributed by atoms with Gasteiger partial charge in [-0.3, -0.25) is 10.1 Å². The summed E-state index contributed by atoms with van der Waals surface area (Å²) in [4.78, 5) is 14.8. The Hall–Kier alpha value is -2.32. The van der Waals surface area contributed by atoms with Gasteiger partial charge in [0.2, 0.25) is 0 Å². The van der Waals surface area contributed by atoms with Gasteiger partial charge in [-0.15, -0.1) is 0 Å². The normalized spacial score (nSPS) is 10.7. The van der Waals surface area contributed by atoms with Crippen LogP contribution < -0.4 is 5.32 Å². The highest BCUT2D eigenvalue weighted by molar-refractivity contribution is 5.39. The van der Waals surface area contributed by atoms with Crippen molar-refractivity contribution in [1.82, 2.24) is 20.1 Å². The predicted octanol–water partition coefficient (Wildman–Crippen LogP) is 0.971. The third kappa shape index (κ3) is 4.07. The Morgan fingerprint density at radius 3 is 3.00 bits per heavy atom. The van der Waals surface area contributed by atoms with Gasteiger partial charge in [0.1, 0.15) is 12.2 Å². The maximum absolute atomic E-state index is 11.0. The lowest BCUT2D eigenvalue weighted by atomic mass is 10.2. The number of hydrogen-bond acceptors (Lipinski definition) is 6. The van der Waals surface area contributed by atoms with Crippen molar-refractivity contribution in [3.05, 3.63) is 52.1 Å². The van der Waals surface area contributed by atoms with Crippen molar-refractivity contribution in [2.75, 3.05) is 20.3 Å². The molecule has 1 aromatic carbocycles. The van der Waals surface area contributed by atoms with Crippen LogP contribution >= 0.6 is 0 Å². The second kappa shape index (κ2) is 7.46. The topological polar surface area (TPSA) is 95.1 Å². The van der Waals surface area contributed by atoms with Gasteiger partial charge in [0.25, 0.3) is 5.69 Å². The monoisotopic (exact) mass is 291 g/mol. The molecule has 0 spiro atoms. The number of nitro benzene ring substituents is 1. The fourth-order valence-electron chi connectivity index (χ4n) is 1.92. The number of aromatic nitrogens is 3. The molecular weight excluding hydrogens is 274 g/mol. The molecule has 0 bridgehead atoms. The van der Waals surface area contributed by atoms with E-state index in [1.807, 2.05) is 0 Å². The number of hydrogen-bond donors (Lipinski definition) is 1. The summed E-state index contributed by atoms with van der Waals surface area (Å²) in [6.07, 6.45) is 1.45. The second-order valence-electron chi connectivity index (χ2n) is 4.39. The van der Waals surface area contributed by atoms with Gasteiger partial charge in [-0.25, -0.2) is 9.67 Å². The lowest BCUT2D eigenvalue weighted by Gasteiger charge is -2.07. The highest BCUT2D eigenvalue weighted by atomic mass is 16.6. The molecule has 1 aromatic heterocycles. The molecule has 1 N–H and O–H groups in total. The van der Waals surface area contributed by atoms with Gasteiger partial charge in [0.05, 0.1) is 30.2 Å². The highest BCUT2D eigenvalue weighted by Gasteiger charge is 2.14. The number of methoxy groups -OCH3 is 1. The van der Waals surface area contributed by atoms with Crippen molar-refractivity contribution in [2.45, 2.75) is 13.1 Å². The molecule has 112 valence electrons. The molecule has 2 rings (SSSR count). The van der Waals surface area contributed by atoms with Crippen LogP contribution in [0.2, 0.25) is 0 Å². The number of ether oxygens (including phenoxy) is 1. The minimum absolute atomic E-state index is 0.0892. The molecule has 0 amide bonds. The third-order valence-electron chi connectivity index (χ3n) is 2.97. The molecule has 0 radical (unpaired) electrons. The zero-order valence-electron chi connectivity index (χ0n) is 11.7. The second-order valence-corrected chi connectivity index (χ2v) is 4.39. The van der Waals surface area contributed by atoms with E-state index in [0.717, 1.165) is 5.82 Å². The van der Waals surface area contributed by atoms with Crippen LogP contribution in [0.4, 0.5) is 5.69 Å². The van der Waals surface area contributed by atoms with Gasteiger partial charge in [0.15, 0.2) is 0 Å². The largest absolute Gasteiger partial charge is 0.383 e. The summed E-state index contributed by atoms with van der Waals surface area (Å²) in [7, 11) is 1.64. The number of benzene rings is 1. The molecule has 0 aliphatic heterocycles. The van der Waals surface area contributed by atoms with Crippen molar-refractivity contribution in [1.29, 1.82) is 0 Å². The summed E-state index contributed by atoms with van der Waals surface area (Å²) in [6.45, 7) is 2.16. The van der Waals surface area contributed by atoms with E-state index in [4.69, 9.17) is 4.74 Å². The molecule has 0 atom stereocenters. The first kappa shape index (κ1) is 15.1. The van der Waals surface area contributed by atoms with Gasteiger partial charge in [-0.05, 0) is 0 Å². The Bertz CT molecular complexity index is 599. The summed E-state index contributed by atoms with van der Waals surface area (Å²) in [5, 5.41) is 18.3. The Morgan fingerprint density at radius 2 is 2.24 bits per heavy atom. The zero-order chi connectivity index (χ0) is 15.1. The van der Waals surface area contributed by atoms with E-state index in [0.29, 0.717) is 31.8 Å². The fraction of sp³-hybridized carbons (Fsp3) is 0.385. The number of para-hydroxylation sites is 1. The molecule has 21 heavy (non-hydrogen) atoms. The van der Waals surface area contributed by atoms with Crippen molar-refractivity contribution >= 4 is 5.69 Å². The van der Waals surface area contributed by atoms with Crippen LogP contribution in [0, 0.1) is 10.1 Å². The van der Waals surface area contributed by atoms with E-state index >= 15 is 0 Å². The summed E-state index contributed by atoms with van der Waals surface area (Å²) in [5.74, 6) is 0.726. The van der Waals surface area contributed by atoms with E-state index in [2.05, 4.69) is 15.4 Å². The Balaban J connectivity index is 2.07. The fourth-order valence-corrected chi connectivity index (χ4v) is 1.92. The van der Waals surface area contributed by atoms with Gasteiger partial charge < -0.3 is 10.1 Å². The summed E-state index contributed by atoms with van der Waals surface area (Å²) < 4.78 is 6.60. The highest BCUT2D eigenvalue weighted by Crippen LogP contribution is 2.18. The maximum Gasteiger partial charge on any atom is 0.274 e. The zero-order valence-corrected chi connectivity index (χ0v) is 11.7. The molecule has 0 aliphatic carbocycles. The Labute approximate surface area is 121 Å². The van der Waals surface area contributed by atoms with E-state index in [-0.39, 0.29) is 10.6 Å². The first-order chi connectivity index (χ1) is 10.2. The molecule has 8 nitrogen and oxygen atoms in total. The Morgan fingerprint density at radius 1 is 1.43 bits per heavy atom. The maximum atomic E-state index is 11.0. The minimum atomic E-state index is -0.386. The average molecular weight is 291 g/mol. The summed E-state index contributed by atoms with van der Waals surface area (Å²) in [5.41, 5.74) is 0.692. The first-order valence-corrected chi connectivity index (χ1v) is 6.51. The van der Waals surface area contributed by atoms with Crippen molar-refractivity contribution in [3.8, 4) is 0 Å².